The molecule has 1 aliphatic rings. The molecule has 0 bridgehead atoms. The second-order valence-corrected chi connectivity index (χ2v) is 6.32. The molecule has 3 aromatic rings. The molecule has 0 unspecified atom stereocenters. The number of imidazole rings is 1. The van der Waals surface area contributed by atoms with Crippen LogP contribution in [0, 0.1) is 5.92 Å². The first-order valence-corrected chi connectivity index (χ1v) is 8.62. The van der Waals surface area contributed by atoms with Gasteiger partial charge in [0.25, 0.3) is 0 Å². The van der Waals surface area contributed by atoms with E-state index in [4.69, 9.17) is 9.47 Å². The largest absolute Gasteiger partial charge is 0.493 e. The number of benzene rings is 1. The summed E-state index contributed by atoms with van der Waals surface area (Å²) in [6.07, 6.45) is 9.50. The molecule has 0 spiro atoms. The van der Waals surface area contributed by atoms with Crippen LogP contribution in [0.5, 0.6) is 11.5 Å². The van der Waals surface area contributed by atoms with Crippen LogP contribution in [0.1, 0.15) is 30.7 Å². The van der Waals surface area contributed by atoms with Gasteiger partial charge in [0, 0.05) is 11.8 Å². The van der Waals surface area contributed by atoms with Crippen LogP contribution in [0.3, 0.4) is 0 Å². The van der Waals surface area contributed by atoms with Crippen LogP contribution in [0.4, 0.5) is 0 Å². The van der Waals surface area contributed by atoms with Crippen molar-refractivity contribution in [1.82, 2.24) is 15.0 Å². The van der Waals surface area contributed by atoms with Crippen LogP contribution >= 0.6 is 0 Å². The minimum atomic E-state index is 0.670. The number of H-pyrrole nitrogens is 1. The number of pyridine rings is 1. The Hall–Kier alpha value is -2.82. The second-order valence-electron chi connectivity index (χ2n) is 6.32. The average molecular weight is 335 g/mol. The molecule has 0 saturated heterocycles. The summed E-state index contributed by atoms with van der Waals surface area (Å²) in [7, 11) is 1.67. The molecular weight excluding hydrogens is 314 g/mol. The quantitative estimate of drug-likeness (QED) is 0.729. The van der Waals surface area contributed by atoms with Crippen LogP contribution in [-0.4, -0.2) is 28.7 Å². The fourth-order valence-corrected chi connectivity index (χ4v) is 2.95. The molecule has 2 aromatic heterocycles. The lowest BCUT2D eigenvalue weighted by atomic mass is 9.86. The van der Waals surface area contributed by atoms with Gasteiger partial charge in [0.15, 0.2) is 17.1 Å². The molecule has 1 N–H and O–H groups in total. The number of nitrogens with one attached hydrogen (secondary N) is 1. The zero-order valence-corrected chi connectivity index (χ0v) is 14.2. The average Bonchev–Trinajstić information content (AvgIpc) is 3.02. The van der Waals surface area contributed by atoms with Gasteiger partial charge in [-0.15, -0.1) is 0 Å². The number of rotatable bonds is 6. The van der Waals surface area contributed by atoms with Crippen molar-refractivity contribution < 1.29 is 9.47 Å². The molecule has 25 heavy (non-hydrogen) atoms. The Labute approximate surface area is 146 Å². The normalized spacial score (nSPS) is 14.8. The van der Waals surface area contributed by atoms with E-state index in [1.54, 1.807) is 13.3 Å². The van der Waals surface area contributed by atoms with Crippen LogP contribution in [0.25, 0.3) is 23.3 Å². The summed E-state index contributed by atoms with van der Waals surface area (Å²) in [5.74, 6) is 2.99. The van der Waals surface area contributed by atoms with E-state index in [9.17, 15) is 0 Å². The summed E-state index contributed by atoms with van der Waals surface area (Å²) < 4.78 is 11.6. The lowest BCUT2D eigenvalue weighted by Gasteiger charge is -2.26. The second kappa shape index (κ2) is 6.97. The summed E-state index contributed by atoms with van der Waals surface area (Å²) in [4.78, 5) is 12.0. The fraction of sp³-hybridized carbons (Fsp3) is 0.300. The maximum atomic E-state index is 6.09. The van der Waals surface area contributed by atoms with E-state index in [0.717, 1.165) is 35.0 Å². The lowest BCUT2D eigenvalue weighted by Crippen LogP contribution is -2.19. The predicted molar refractivity (Wildman–Crippen MR) is 98.6 cm³/mol. The minimum absolute atomic E-state index is 0.670. The molecule has 5 heteroatoms. The third-order valence-corrected chi connectivity index (χ3v) is 4.61. The van der Waals surface area contributed by atoms with Gasteiger partial charge in [0.2, 0.25) is 0 Å². The van der Waals surface area contributed by atoms with Crippen molar-refractivity contribution in [2.75, 3.05) is 13.7 Å². The van der Waals surface area contributed by atoms with Crippen molar-refractivity contribution in [2.24, 2.45) is 5.92 Å². The number of hydrogen-bond donors (Lipinski definition) is 1. The van der Waals surface area contributed by atoms with Crippen molar-refractivity contribution in [3.8, 4) is 11.5 Å². The number of para-hydroxylation sites is 1. The Balaban J connectivity index is 1.59. The molecule has 1 saturated carbocycles. The van der Waals surface area contributed by atoms with Gasteiger partial charge in [-0.1, -0.05) is 18.6 Å². The molecule has 0 atom stereocenters. The van der Waals surface area contributed by atoms with Gasteiger partial charge in [-0.2, -0.15) is 0 Å². The molecule has 1 aromatic carbocycles. The topological polar surface area (TPSA) is 60.0 Å². The highest BCUT2D eigenvalue weighted by atomic mass is 16.5. The van der Waals surface area contributed by atoms with Crippen molar-refractivity contribution >= 4 is 23.3 Å². The minimum Gasteiger partial charge on any atom is -0.493 e. The summed E-state index contributed by atoms with van der Waals surface area (Å²) in [6, 6.07) is 9.78. The number of methoxy groups -OCH3 is 1. The highest BCUT2D eigenvalue weighted by molar-refractivity contribution is 5.77. The molecule has 0 radical (unpaired) electrons. The van der Waals surface area contributed by atoms with E-state index in [-0.39, 0.29) is 0 Å². The van der Waals surface area contributed by atoms with Crippen molar-refractivity contribution in [1.29, 1.82) is 0 Å². The highest BCUT2D eigenvalue weighted by Gasteiger charge is 2.19. The zero-order chi connectivity index (χ0) is 17.1. The van der Waals surface area contributed by atoms with E-state index in [1.165, 1.54) is 19.3 Å². The van der Waals surface area contributed by atoms with Crippen LogP contribution < -0.4 is 9.47 Å². The molecule has 5 nitrogen and oxygen atoms in total. The molecule has 0 amide bonds. The Kier molecular flexibility index (Phi) is 4.37. The number of ether oxygens (including phenoxy) is 2. The van der Waals surface area contributed by atoms with Gasteiger partial charge in [-0.25, -0.2) is 9.97 Å². The Morgan fingerprint density at radius 1 is 1.20 bits per heavy atom. The third kappa shape index (κ3) is 3.36. The van der Waals surface area contributed by atoms with Gasteiger partial charge in [0.05, 0.1) is 19.2 Å². The molecular formula is C20H21N3O2. The van der Waals surface area contributed by atoms with Gasteiger partial charge < -0.3 is 14.5 Å². The van der Waals surface area contributed by atoms with Gasteiger partial charge in [-0.3, -0.25) is 0 Å². The van der Waals surface area contributed by atoms with Gasteiger partial charge in [-0.05, 0) is 49.1 Å². The molecule has 0 aliphatic heterocycles. The standard InChI is InChI=1S/C20H21N3O2/c1-24-17-9-3-7-15(19(17)25-13-14-5-2-6-14)10-11-18-22-16-8-4-12-21-20(16)23-18/h3-4,7-12,14H,2,5-6,13H2,1H3,(H,21,22,23). The highest BCUT2D eigenvalue weighted by Crippen LogP contribution is 2.34. The Morgan fingerprint density at radius 2 is 2.12 bits per heavy atom. The molecule has 128 valence electrons. The number of aromatic nitrogens is 3. The first kappa shape index (κ1) is 15.7. The van der Waals surface area contributed by atoms with E-state index in [2.05, 4.69) is 15.0 Å². The molecule has 1 fully saturated rings. The molecule has 1 aliphatic carbocycles. The lowest BCUT2D eigenvalue weighted by molar-refractivity contribution is 0.175. The Morgan fingerprint density at radius 3 is 2.88 bits per heavy atom. The summed E-state index contributed by atoms with van der Waals surface area (Å²) in [5, 5.41) is 0. The zero-order valence-electron chi connectivity index (χ0n) is 14.2. The first-order chi connectivity index (χ1) is 12.3. The van der Waals surface area contributed by atoms with E-state index in [1.807, 2.05) is 42.5 Å². The first-order valence-electron chi connectivity index (χ1n) is 8.62. The molecule has 2 heterocycles. The number of nitrogens with zero attached hydrogens (tertiary/aromatic N) is 2. The van der Waals surface area contributed by atoms with E-state index < -0.39 is 0 Å². The van der Waals surface area contributed by atoms with Gasteiger partial charge >= 0.3 is 0 Å². The predicted octanol–water partition coefficient (Wildman–Crippen LogP) is 4.32. The molecule has 4 rings (SSSR count). The van der Waals surface area contributed by atoms with E-state index >= 15 is 0 Å². The summed E-state index contributed by atoms with van der Waals surface area (Å²) in [5.41, 5.74) is 2.62. The number of aromatic amines is 1. The number of hydrogen-bond acceptors (Lipinski definition) is 4. The van der Waals surface area contributed by atoms with Crippen molar-refractivity contribution in [2.45, 2.75) is 19.3 Å². The maximum Gasteiger partial charge on any atom is 0.178 e. The summed E-state index contributed by atoms with van der Waals surface area (Å²) in [6.45, 7) is 0.746. The maximum absolute atomic E-state index is 6.09. The van der Waals surface area contributed by atoms with Crippen LogP contribution in [0.15, 0.2) is 36.5 Å². The smallest absolute Gasteiger partial charge is 0.178 e. The van der Waals surface area contributed by atoms with Gasteiger partial charge in [0.1, 0.15) is 5.82 Å². The Bertz CT molecular complexity index is 864. The van der Waals surface area contributed by atoms with Crippen molar-refractivity contribution in [3.05, 3.63) is 47.9 Å². The fourth-order valence-electron chi connectivity index (χ4n) is 2.95. The number of fused-ring (bicyclic) bond motifs is 1. The van der Waals surface area contributed by atoms with Crippen LogP contribution in [-0.2, 0) is 0 Å². The van der Waals surface area contributed by atoms with Crippen LogP contribution in [0.2, 0.25) is 0 Å². The monoisotopic (exact) mass is 335 g/mol. The van der Waals surface area contributed by atoms with E-state index in [0.29, 0.717) is 11.6 Å². The summed E-state index contributed by atoms with van der Waals surface area (Å²) >= 11 is 0. The van der Waals surface area contributed by atoms with Crippen molar-refractivity contribution in [3.63, 3.8) is 0 Å². The third-order valence-electron chi connectivity index (χ3n) is 4.61. The SMILES string of the molecule is COc1cccc(C=Cc2nc3ncccc3[nH]2)c1OCC1CCC1.